The number of rotatable bonds is 1. The van der Waals surface area contributed by atoms with Crippen molar-refractivity contribution < 1.29 is 4.79 Å². The molecule has 2 atom stereocenters. The molecule has 0 aliphatic carbocycles. The lowest BCUT2D eigenvalue weighted by atomic mass is 9.91. The standard InChI is InChI=1S/C15H20N2O/c1-11-10-16-17(14(18)15(2,3)4)13(11)12-8-6-5-7-9-12/h5-11,13H,1-4H3/t11-,13+/m1/s1. The molecule has 0 N–H and O–H groups in total. The van der Waals surface area contributed by atoms with Gasteiger partial charge in [0.1, 0.15) is 0 Å². The maximum absolute atomic E-state index is 12.4. The van der Waals surface area contributed by atoms with Gasteiger partial charge in [-0.15, -0.1) is 0 Å². The molecule has 96 valence electrons. The summed E-state index contributed by atoms with van der Waals surface area (Å²) in [4.78, 5) is 12.4. The Hall–Kier alpha value is -1.64. The molecule has 0 bridgehead atoms. The molecule has 1 aliphatic heterocycles. The quantitative estimate of drug-likeness (QED) is 0.746. The Morgan fingerprint density at radius 1 is 1.22 bits per heavy atom. The largest absolute Gasteiger partial charge is 0.272 e. The van der Waals surface area contributed by atoms with Crippen molar-refractivity contribution in [3.63, 3.8) is 0 Å². The van der Waals surface area contributed by atoms with E-state index in [2.05, 4.69) is 24.2 Å². The van der Waals surface area contributed by atoms with Crippen LogP contribution in [0.1, 0.15) is 39.3 Å². The third-order valence-electron chi connectivity index (χ3n) is 3.18. The zero-order chi connectivity index (χ0) is 13.3. The van der Waals surface area contributed by atoms with E-state index in [1.54, 1.807) is 5.01 Å². The van der Waals surface area contributed by atoms with E-state index in [1.807, 2.05) is 45.2 Å². The maximum atomic E-state index is 12.4. The number of carbonyl (C=O) groups excluding carboxylic acids is 1. The molecule has 1 aromatic carbocycles. The average Bonchev–Trinajstić information content (AvgIpc) is 2.70. The van der Waals surface area contributed by atoms with Crippen molar-refractivity contribution in [2.24, 2.45) is 16.4 Å². The van der Waals surface area contributed by atoms with E-state index in [-0.39, 0.29) is 17.9 Å². The van der Waals surface area contributed by atoms with Crippen LogP contribution in [-0.4, -0.2) is 17.1 Å². The molecular formula is C15H20N2O. The van der Waals surface area contributed by atoms with Crippen LogP contribution in [0.3, 0.4) is 0 Å². The van der Waals surface area contributed by atoms with Gasteiger partial charge in [0.05, 0.1) is 6.04 Å². The first kappa shape index (κ1) is 12.8. The Balaban J connectivity index is 2.32. The number of hydrogen-bond donors (Lipinski definition) is 0. The SMILES string of the molecule is C[C@@H]1C=NN(C(=O)C(C)(C)C)[C@@H]1c1ccccc1. The number of amides is 1. The molecule has 0 saturated heterocycles. The summed E-state index contributed by atoms with van der Waals surface area (Å²) in [5.41, 5.74) is 0.731. The van der Waals surface area contributed by atoms with Gasteiger partial charge in [-0.05, 0) is 5.56 Å². The van der Waals surface area contributed by atoms with Crippen molar-refractivity contribution >= 4 is 12.1 Å². The fourth-order valence-electron chi connectivity index (χ4n) is 2.17. The number of hydrogen-bond acceptors (Lipinski definition) is 2. The molecule has 0 fully saturated rings. The van der Waals surface area contributed by atoms with Crippen molar-refractivity contribution in [3.05, 3.63) is 35.9 Å². The van der Waals surface area contributed by atoms with Gasteiger partial charge in [-0.25, -0.2) is 5.01 Å². The molecule has 0 saturated carbocycles. The second kappa shape index (κ2) is 4.56. The Kier molecular flexibility index (Phi) is 3.24. The zero-order valence-electron chi connectivity index (χ0n) is 11.4. The smallest absolute Gasteiger partial charge is 0.248 e. The molecule has 0 spiro atoms. The minimum atomic E-state index is -0.408. The Bertz CT molecular complexity index is 459. The molecule has 0 aromatic heterocycles. The van der Waals surface area contributed by atoms with Crippen LogP contribution in [0.15, 0.2) is 35.4 Å². The summed E-state index contributed by atoms with van der Waals surface area (Å²) in [5.74, 6) is 0.315. The first-order valence-electron chi connectivity index (χ1n) is 6.34. The predicted octanol–water partition coefficient (Wildman–Crippen LogP) is 3.24. The normalized spacial score (nSPS) is 23.4. The summed E-state index contributed by atoms with van der Waals surface area (Å²) in [6, 6.07) is 10.1. The van der Waals surface area contributed by atoms with Gasteiger partial charge in [0, 0.05) is 17.5 Å². The Labute approximate surface area is 108 Å². The minimum Gasteiger partial charge on any atom is -0.272 e. The van der Waals surface area contributed by atoms with Gasteiger partial charge in [-0.2, -0.15) is 5.10 Å². The van der Waals surface area contributed by atoms with Gasteiger partial charge in [-0.3, -0.25) is 4.79 Å². The molecule has 1 amide bonds. The molecule has 1 aromatic rings. The fourth-order valence-corrected chi connectivity index (χ4v) is 2.17. The highest BCUT2D eigenvalue weighted by Crippen LogP contribution is 2.35. The first-order chi connectivity index (χ1) is 8.41. The molecule has 0 radical (unpaired) electrons. The third-order valence-corrected chi connectivity index (χ3v) is 3.18. The van der Waals surface area contributed by atoms with Crippen molar-refractivity contribution in [1.82, 2.24) is 5.01 Å². The van der Waals surface area contributed by atoms with Gasteiger partial charge in [0.2, 0.25) is 5.91 Å². The molecular weight excluding hydrogens is 224 g/mol. The first-order valence-corrected chi connectivity index (χ1v) is 6.34. The summed E-state index contributed by atoms with van der Waals surface area (Å²) >= 11 is 0. The highest BCUT2D eigenvalue weighted by atomic mass is 16.2. The summed E-state index contributed by atoms with van der Waals surface area (Å²) < 4.78 is 0. The highest BCUT2D eigenvalue weighted by molar-refractivity contribution is 5.84. The van der Waals surface area contributed by atoms with Crippen LogP contribution in [0.4, 0.5) is 0 Å². The van der Waals surface area contributed by atoms with E-state index in [4.69, 9.17) is 0 Å². The van der Waals surface area contributed by atoms with Crippen molar-refractivity contribution in [2.75, 3.05) is 0 Å². The van der Waals surface area contributed by atoms with Crippen LogP contribution in [0, 0.1) is 11.3 Å². The second-order valence-electron chi connectivity index (χ2n) is 5.88. The highest BCUT2D eigenvalue weighted by Gasteiger charge is 2.38. The number of hydrazone groups is 1. The Morgan fingerprint density at radius 2 is 1.83 bits per heavy atom. The number of nitrogens with zero attached hydrogens (tertiary/aromatic N) is 2. The summed E-state index contributed by atoms with van der Waals surface area (Å²) in [6.45, 7) is 7.87. The van der Waals surface area contributed by atoms with Crippen LogP contribution in [0.5, 0.6) is 0 Å². The maximum Gasteiger partial charge on any atom is 0.248 e. The van der Waals surface area contributed by atoms with Crippen LogP contribution in [0.25, 0.3) is 0 Å². The molecule has 1 heterocycles. The van der Waals surface area contributed by atoms with E-state index in [0.29, 0.717) is 0 Å². The molecule has 2 rings (SSSR count). The van der Waals surface area contributed by atoms with E-state index in [0.717, 1.165) is 5.56 Å². The zero-order valence-corrected chi connectivity index (χ0v) is 11.4. The molecule has 3 nitrogen and oxygen atoms in total. The van der Waals surface area contributed by atoms with Crippen molar-refractivity contribution in [3.8, 4) is 0 Å². The third kappa shape index (κ3) is 2.30. The van der Waals surface area contributed by atoms with E-state index in [9.17, 15) is 4.79 Å². The summed E-state index contributed by atoms with van der Waals surface area (Å²) in [5, 5.41) is 5.94. The van der Waals surface area contributed by atoms with Gasteiger partial charge in [0.25, 0.3) is 0 Å². The monoisotopic (exact) mass is 244 g/mol. The lowest BCUT2D eigenvalue weighted by Gasteiger charge is -2.30. The fraction of sp³-hybridized carbons (Fsp3) is 0.467. The summed E-state index contributed by atoms with van der Waals surface area (Å²) in [6.07, 6.45) is 1.86. The molecule has 18 heavy (non-hydrogen) atoms. The van der Waals surface area contributed by atoms with Gasteiger partial charge >= 0.3 is 0 Å². The van der Waals surface area contributed by atoms with E-state index < -0.39 is 5.41 Å². The Morgan fingerprint density at radius 3 is 2.39 bits per heavy atom. The predicted molar refractivity (Wildman–Crippen MR) is 73.1 cm³/mol. The van der Waals surface area contributed by atoms with Gasteiger partial charge in [-0.1, -0.05) is 58.0 Å². The van der Waals surface area contributed by atoms with E-state index in [1.165, 1.54) is 0 Å². The topological polar surface area (TPSA) is 32.7 Å². The van der Waals surface area contributed by atoms with Gasteiger partial charge < -0.3 is 0 Å². The van der Waals surface area contributed by atoms with Crippen molar-refractivity contribution in [1.29, 1.82) is 0 Å². The van der Waals surface area contributed by atoms with Crippen LogP contribution < -0.4 is 0 Å². The minimum absolute atomic E-state index is 0.0259. The number of benzene rings is 1. The lowest BCUT2D eigenvalue weighted by Crippen LogP contribution is -2.37. The second-order valence-corrected chi connectivity index (χ2v) is 5.88. The van der Waals surface area contributed by atoms with Crippen LogP contribution in [0.2, 0.25) is 0 Å². The number of carbonyl (C=O) groups is 1. The van der Waals surface area contributed by atoms with Crippen LogP contribution >= 0.6 is 0 Å². The summed E-state index contributed by atoms with van der Waals surface area (Å²) in [7, 11) is 0. The lowest BCUT2D eigenvalue weighted by molar-refractivity contribution is -0.141. The van der Waals surface area contributed by atoms with Crippen LogP contribution in [-0.2, 0) is 4.79 Å². The molecule has 3 heteroatoms. The average molecular weight is 244 g/mol. The molecule has 0 unspecified atom stereocenters. The van der Waals surface area contributed by atoms with E-state index >= 15 is 0 Å². The molecule has 1 aliphatic rings. The van der Waals surface area contributed by atoms with Gasteiger partial charge in [0.15, 0.2) is 0 Å². The van der Waals surface area contributed by atoms with Crippen molar-refractivity contribution in [2.45, 2.75) is 33.7 Å².